The largest absolute Gasteiger partial charge is 0.447 e. The van der Waals surface area contributed by atoms with Crippen molar-refractivity contribution < 1.29 is 47.0 Å². The van der Waals surface area contributed by atoms with Crippen molar-refractivity contribution >= 4 is 27.4 Å². The van der Waals surface area contributed by atoms with Gasteiger partial charge in [0.25, 0.3) is 0 Å². The van der Waals surface area contributed by atoms with Crippen LogP contribution in [0.3, 0.4) is 0 Å². The zero-order chi connectivity index (χ0) is 26.1. The molecule has 4 rings (SSSR count). The number of nitrogens with two attached hydrogens (primary N) is 1. The van der Waals surface area contributed by atoms with Crippen molar-refractivity contribution in [2.45, 2.75) is 18.1 Å². The van der Waals surface area contributed by atoms with Crippen molar-refractivity contribution in [2.75, 3.05) is 13.2 Å². The molecule has 2 unspecified atom stereocenters. The van der Waals surface area contributed by atoms with Gasteiger partial charge in [-0.2, -0.15) is 0 Å². The Balaban J connectivity index is 1.57. The highest BCUT2D eigenvalue weighted by Gasteiger charge is 2.55. The van der Waals surface area contributed by atoms with Crippen LogP contribution in [0.15, 0.2) is 72.9 Å². The summed E-state index contributed by atoms with van der Waals surface area (Å²) in [6, 6.07) is 5.56. The van der Waals surface area contributed by atoms with Crippen LogP contribution in [0.25, 0.3) is 0 Å². The van der Waals surface area contributed by atoms with Crippen molar-refractivity contribution in [1.29, 1.82) is 0 Å². The first kappa shape index (κ1) is 25.9. The molecule has 0 aliphatic carbocycles. The highest BCUT2D eigenvalue weighted by atomic mass is 31.2. The third-order valence-electron chi connectivity index (χ3n) is 5.44. The van der Waals surface area contributed by atoms with Crippen molar-refractivity contribution in [3.63, 3.8) is 0 Å². The summed E-state index contributed by atoms with van der Waals surface area (Å²) in [7, 11) is -9.64. The fourth-order valence-electron chi connectivity index (χ4n) is 3.63. The normalized spacial score (nSPS) is 30.4. The van der Waals surface area contributed by atoms with Crippen molar-refractivity contribution in [1.82, 2.24) is 9.80 Å². The molecule has 2 atom stereocenters. The smallest absolute Gasteiger partial charge is 0.424 e. The van der Waals surface area contributed by atoms with Crippen LogP contribution in [-0.2, 0) is 22.9 Å². The van der Waals surface area contributed by atoms with Crippen molar-refractivity contribution in [3.8, 4) is 5.75 Å². The van der Waals surface area contributed by atoms with Gasteiger partial charge in [-0.25, -0.2) is 14.5 Å². The molecule has 2 fully saturated rings. The number of rotatable bonds is 5. The molecule has 0 spiro atoms. The fourth-order valence-corrected chi connectivity index (χ4v) is 7.48. The predicted molar refractivity (Wildman–Crippen MR) is 125 cm³/mol. The quantitative estimate of drug-likeness (QED) is 0.465. The van der Waals surface area contributed by atoms with Gasteiger partial charge in [0.05, 0.1) is 12.1 Å². The maximum absolute atomic E-state index is 13.2. The highest BCUT2D eigenvalue weighted by molar-refractivity contribution is 7.72. The van der Waals surface area contributed by atoms with E-state index in [9.17, 15) is 28.5 Å². The van der Waals surface area contributed by atoms with E-state index < -0.39 is 45.5 Å². The molecule has 3 aliphatic heterocycles. The standard InChI is InChI=1S/C21H23N3O10P2/c1-14-6-4-5-9-23(14)15(13-22)12-18-35(27,28)33-19(34-36(18,29)30)16-7-2-3-8-17(16)32-21(26)24-10-11-31-20(24)25/h2-9,13,18-19H,1,10-12,22H2,(H,27,28)(H,29,30)/b15-13-. The minimum Gasteiger partial charge on any atom is -0.447 e. The molecule has 2 amide bonds. The first-order chi connectivity index (χ1) is 17.0. The molecular weight excluding hydrogens is 516 g/mol. The number of carbonyl (C=O) groups is 2. The second-order valence-corrected chi connectivity index (χ2v) is 12.1. The first-order valence-electron chi connectivity index (χ1n) is 10.5. The van der Waals surface area contributed by atoms with Crippen LogP contribution in [0.4, 0.5) is 9.59 Å². The van der Waals surface area contributed by atoms with Gasteiger partial charge >= 0.3 is 27.4 Å². The molecule has 13 nitrogen and oxygen atoms in total. The topological polar surface area (TPSA) is 178 Å². The predicted octanol–water partition coefficient (Wildman–Crippen LogP) is 3.47. The molecule has 3 aliphatic rings. The monoisotopic (exact) mass is 539 g/mol. The summed E-state index contributed by atoms with van der Waals surface area (Å²) >= 11 is 0. The highest BCUT2D eigenvalue weighted by Crippen LogP contribution is 2.74. The van der Waals surface area contributed by atoms with Gasteiger partial charge in [0.1, 0.15) is 12.4 Å². The molecule has 1 aromatic rings. The number of para-hydroxylation sites is 1. The zero-order valence-electron chi connectivity index (χ0n) is 18.7. The summed E-state index contributed by atoms with van der Waals surface area (Å²) < 4.78 is 46.8. The Morgan fingerprint density at radius 1 is 1.22 bits per heavy atom. The SMILES string of the molecule is C=C1C=CC=CN1/C(=C\N)CC1P(=O)(O)OC(c2ccccc2OC(=O)N2CCOC2=O)OP1(=O)O. The molecule has 0 saturated carbocycles. The van der Waals surface area contributed by atoms with Gasteiger partial charge in [-0.05, 0) is 18.2 Å². The first-order valence-corrected chi connectivity index (χ1v) is 13.8. The van der Waals surface area contributed by atoms with E-state index >= 15 is 0 Å². The Bertz CT molecular complexity index is 1250. The molecule has 0 aromatic heterocycles. The van der Waals surface area contributed by atoms with Crippen LogP contribution in [-0.4, -0.2) is 50.3 Å². The molecule has 0 bridgehead atoms. The van der Waals surface area contributed by atoms with E-state index in [1.54, 1.807) is 24.4 Å². The third-order valence-corrected chi connectivity index (χ3v) is 10.0. The van der Waals surface area contributed by atoms with E-state index in [4.69, 9.17) is 24.3 Å². The van der Waals surface area contributed by atoms with Gasteiger partial charge in [-0.1, -0.05) is 30.9 Å². The number of ether oxygens (including phenoxy) is 2. The van der Waals surface area contributed by atoms with Crippen LogP contribution in [0.5, 0.6) is 5.75 Å². The average molecular weight is 539 g/mol. The Hall–Kier alpha value is -3.18. The van der Waals surface area contributed by atoms with Gasteiger partial charge in [0.2, 0.25) is 6.29 Å². The molecule has 36 heavy (non-hydrogen) atoms. The molecule has 2 saturated heterocycles. The van der Waals surface area contributed by atoms with Crippen molar-refractivity contribution in [3.05, 3.63) is 78.4 Å². The minimum atomic E-state index is -4.82. The Labute approximate surface area is 205 Å². The number of hydrogen-bond donors (Lipinski definition) is 3. The Morgan fingerprint density at radius 2 is 1.92 bits per heavy atom. The van der Waals surface area contributed by atoms with E-state index in [1.165, 1.54) is 29.2 Å². The van der Waals surface area contributed by atoms with Gasteiger partial charge in [0, 0.05) is 30.2 Å². The Kier molecular flexibility index (Phi) is 7.24. The summed E-state index contributed by atoms with van der Waals surface area (Å²) in [5.74, 6) is -0.213. The summed E-state index contributed by atoms with van der Waals surface area (Å²) in [5.41, 5.74) is 6.27. The number of benzene rings is 1. The van der Waals surface area contributed by atoms with Crippen LogP contribution in [0.1, 0.15) is 18.3 Å². The van der Waals surface area contributed by atoms with Crippen LogP contribution in [0, 0.1) is 0 Å². The molecule has 0 radical (unpaired) electrons. The molecular formula is C21H23N3O10P2. The molecule has 192 valence electrons. The van der Waals surface area contributed by atoms with Crippen LogP contribution >= 0.6 is 15.2 Å². The van der Waals surface area contributed by atoms with Crippen LogP contribution in [0.2, 0.25) is 0 Å². The number of carbonyl (C=O) groups excluding carboxylic acids is 2. The zero-order valence-corrected chi connectivity index (χ0v) is 20.5. The van der Waals surface area contributed by atoms with Gasteiger partial charge in [-0.3, -0.25) is 18.2 Å². The average Bonchev–Trinajstić information content (AvgIpc) is 3.25. The van der Waals surface area contributed by atoms with E-state index in [0.717, 1.165) is 6.20 Å². The second kappa shape index (κ2) is 10.1. The number of imide groups is 1. The van der Waals surface area contributed by atoms with Crippen molar-refractivity contribution in [2.24, 2.45) is 5.73 Å². The lowest BCUT2D eigenvalue weighted by Gasteiger charge is -2.37. The number of hydrogen-bond acceptors (Lipinski definition) is 10. The van der Waals surface area contributed by atoms with Gasteiger partial charge < -0.3 is 29.9 Å². The lowest BCUT2D eigenvalue weighted by molar-refractivity contribution is -0.0265. The number of allylic oxidation sites excluding steroid dienone is 4. The summed E-state index contributed by atoms with van der Waals surface area (Å²) in [6.45, 7) is 3.82. The van der Waals surface area contributed by atoms with Gasteiger partial charge in [-0.15, -0.1) is 0 Å². The van der Waals surface area contributed by atoms with E-state index in [-0.39, 0.29) is 30.2 Å². The van der Waals surface area contributed by atoms with E-state index in [0.29, 0.717) is 10.6 Å². The number of amides is 2. The lowest BCUT2D eigenvalue weighted by atomic mass is 10.2. The molecule has 4 N–H and O–H groups in total. The lowest BCUT2D eigenvalue weighted by Crippen LogP contribution is -2.34. The molecule has 15 heteroatoms. The fraction of sp³-hybridized carbons (Fsp3) is 0.238. The number of nitrogens with zero attached hydrogens (tertiary/aromatic N) is 2. The molecule has 1 aromatic carbocycles. The summed E-state index contributed by atoms with van der Waals surface area (Å²) in [5, 5.41) is -1.86. The second-order valence-electron chi connectivity index (χ2n) is 7.75. The van der Waals surface area contributed by atoms with E-state index in [1.807, 2.05) is 0 Å². The van der Waals surface area contributed by atoms with E-state index in [2.05, 4.69) is 6.58 Å². The maximum Gasteiger partial charge on any atom is 0.424 e. The van der Waals surface area contributed by atoms with Gasteiger partial charge in [0.15, 0.2) is 5.40 Å². The van der Waals surface area contributed by atoms with Crippen LogP contribution < -0.4 is 10.5 Å². The molecule has 3 heterocycles. The maximum atomic E-state index is 13.2. The number of cyclic esters (lactones) is 1. The Morgan fingerprint density at radius 3 is 2.53 bits per heavy atom. The minimum absolute atomic E-state index is 0.00327. The third kappa shape index (κ3) is 5.17. The summed E-state index contributed by atoms with van der Waals surface area (Å²) in [6.07, 6.45) is 3.50. The summed E-state index contributed by atoms with van der Waals surface area (Å²) in [4.78, 5) is 47.6.